The van der Waals surface area contributed by atoms with E-state index >= 15 is 0 Å². The van der Waals surface area contributed by atoms with Gasteiger partial charge in [0, 0.05) is 31.1 Å². The van der Waals surface area contributed by atoms with Gasteiger partial charge in [0.1, 0.15) is 5.76 Å². The molecule has 0 spiro atoms. The van der Waals surface area contributed by atoms with Crippen molar-refractivity contribution in [2.45, 2.75) is 39.2 Å². The fourth-order valence-corrected chi connectivity index (χ4v) is 3.58. The molecule has 0 bridgehead atoms. The van der Waals surface area contributed by atoms with Crippen LogP contribution < -0.4 is 0 Å². The van der Waals surface area contributed by atoms with Crippen LogP contribution in [-0.2, 0) is 16.1 Å². The Morgan fingerprint density at radius 3 is 2.52 bits per heavy atom. The maximum Gasteiger partial charge on any atom is 0.305 e. The number of unbranched alkanes of at least 4 members (excludes halogenated alkanes) is 2. The Hall–Kier alpha value is -3.60. The van der Waals surface area contributed by atoms with Crippen LogP contribution in [0.5, 0.6) is 0 Å². The van der Waals surface area contributed by atoms with E-state index in [0.717, 1.165) is 41.7 Å². The highest BCUT2D eigenvalue weighted by atomic mass is 16.5. The van der Waals surface area contributed by atoms with Gasteiger partial charge in [-0.05, 0) is 61.6 Å². The third-order valence-electron chi connectivity index (χ3n) is 5.35. The van der Waals surface area contributed by atoms with Crippen molar-refractivity contribution in [3.8, 4) is 11.3 Å². The lowest BCUT2D eigenvalue weighted by Crippen LogP contribution is -2.26. The van der Waals surface area contributed by atoms with Crippen molar-refractivity contribution < 1.29 is 18.7 Å². The topological polar surface area (TPSA) is 59.8 Å². The Morgan fingerprint density at radius 1 is 1.00 bits per heavy atom. The summed E-state index contributed by atoms with van der Waals surface area (Å²) in [5.74, 6) is 0.623. The van der Waals surface area contributed by atoms with Gasteiger partial charge in [0.05, 0.1) is 12.9 Å². The number of nitrogens with zero attached hydrogens (tertiary/aromatic N) is 1. The number of ether oxygens (including phenoxy) is 1. The first-order valence-corrected chi connectivity index (χ1v) is 11.4. The summed E-state index contributed by atoms with van der Waals surface area (Å²) in [6.45, 7) is 2.77. The highest BCUT2D eigenvalue weighted by Crippen LogP contribution is 2.21. The van der Waals surface area contributed by atoms with Crippen LogP contribution in [0, 0.1) is 0 Å². The average Bonchev–Trinajstić information content (AvgIpc) is 3.37. The maximum absolute atomic E-state index is 12.9. The zero-order valence-electron chi connectivity index (χ0n) is 19.3. The normalized spacial score (nSPS) is 11.0. The van der Waals surface area contributed by atoms with E-state index in [0.29, 0.717) is 25.1 Å². The number of amides is 1. The molecule has 0 radical (unpaired) electrons. The molecule has 33 heavy (non-hydrogen) atoms. The summed E-state index contributed by atoms with van der Waals surface area (Å²) < 4.78 is 10.4. The zero-order valence-corrected chi connectivity index (χ0v) is 19.3. The molecule has 3 rings (SSSR count). The number of hydrogen-bond acceptors (Lipinski definition) is 4. The standard InChI is InChI=1S/C28H31NO4/c1-3-32-27(30)15-7-5-4-6-11-22-12-8-9-13-25(22)21-29(2)28(31)24-18-16-23(17-19-24)26-14-10-20-33-26/h6,8-14,16-20H,3-5,7,15,21H2,1-2H3/b11-6+. The van der Waals surface area contributed by atoms with Gasteiger partial charge in [-0.2, -0.15) is 0 Å². The van der Waals surface area contributed by atoms with Crippen LogP contribution >= 0.6 is 0 Å². The van der Waals surface area contributed by atoms with Gasteiger partial charge in [-0.15, -0.1) is 0 Å². The van der Waals surface area contributed by atoms with Crippen LogP contribution in [0.4, 0.5) is 0 Å². The van der Waals surface area contributed by atoms with Gasteiger partial charge >= 0.3 is 5.97 Å². The van der Waals surface area contributed by atoms with Crippen molar-refractivity contribution in [3.63, 3.8) is 0 Å². The lowest BCUT2D eigenvalue weighted by atomic mass is 10.0. The van der Waals surface area contributed by atoms with Gasteiger partial charge in [0.2, 0.25) is 0 Å². The third-order valence-corrected chi connectivity index (χ3v) is 5.35. The van der Waals surface area contributed by atoms with Gasteiger partial charge in [-0.3, -0.25) is 9.59 Å². The number of carbonyl (C=O) groups excluding carboxylic acids is 2. The Bertz CT molecular complexity index is 1050. The highest BCUT2D eigenvalue weighted by Gasteiger charge is 2.13. The van der Waals surface area contributed by atoms with Crippen LogP contribution in [0.2, 0.25) is 0 Å². The molecule has 3 aromatic rings. The monoisotopic (exact) mass is 445 g/mol. The van der Waals surface area contributed by atoms with E-state index in [1.807, 2.05) is 68.6 Å². The molecule has 0 unspecified atom stereocenters. The van der Waals surface area contributed by atoms with E-state index in [1.165, 1.54) is 0 Å². The number of furan rings is 1. The first-order chi connectivity index (χ1) is 16.1. The van der Waals surface area contributed by atoms with E-state index < -0.39 is 0 Å². The van der Waals surface area contributed by atoms with E-state index in [-0.39, 0.29) is 11.9 Å². The molecule has 0 fully saturated rings. The van der Waals surface area contributed by atoms with Gasteiger partial charge in [0.15, 0.2) is 0 Å². The number of carbonyl (C=O) groups is 2. The fourth-order valence-electron chi connectivity index (χ4n) is 3.58. The van der Waals surface area contributed by atoms with Gasteiger partial charge in [-0.1, -0.05) is 48.6 Å². The van der Waals surface area contributed by atoms with E-state index in [4.69, 9.17) is 9.15 Å². The predicted octanol–water partition coefficient (Wildman–Crippen LogP) is 6.36. The Morgan fingerprint density at radius 2 is 1.79 bits per heavy atom. The number of rotatable bonds is 11. The van der Waals surface area contributed by atoms with E-state index in [2.05, 4.69) is 18.2 Å². The van der Waals surface area contributed by atoms with Crippen LogP contribution in [0.25, 0.3) is 17.4 Å². The van der Waals surface area contributed by atoms with Crippen molar-refractivity contribution in [2.24, 2.45) is 0 Å². The lowest BCUT2D eigenvalue weighted by Gasteiger charge is -2.19. The zero-order chi connectivity index (χ0) is 23.5. The number of allylic oxidation sites excluding steroid dienone is 1. The van der Waals surface area contributed by atoms with Crippen molar-refractivity contribution in [3.05, 3.63) is 89.7 Å². The molecule has 1 aromatic heterocycles. The fraction of sp³-hybridized carbons (Fsp3) is 0.286. The molecule has 5 heteroatoms. The number of benzene rings is 2. The quantitative estimate of drug-likeness (QED) is 0.255. The maximum atomic E-state index is 12.9. The molecular formula is C28H31NO4. The van der Waals surface area contributed by atoms with Crippen molar-refractivity contribution in [2.75, 3.05) is 13.7 Å². The molecule has 0 saturated carbocycles. The molecule has 5 nitrogen and oxygen atoms in total. The van der Waals surface area contributed by atoms with Gasteiger partial charge in [0.25, 0.3) is 5.91 Å². The number of hydrogen-bond donors (Lipinski definition) is 0. The third kappa shape index (κ3) is 7.21. The second-order valence-corrected chi connectivity index (χ2v) is 7.87. The SMILES string of the molecule is CCOC(=O)CCCC/C=C/c1ccccc1CN(C)C(=O)c1ccc(-c2ccco2)cc1. The molecule has 0 N–H and O–H groups in total. The molecule has 1 heterocycles. The predicted molar refractivity (Wildman–Crippen MR) is 131 cm³/mol. The second-order valence-electron chi connectivity index (χ2n) is 7.87. The van der Waals surface area contributed by atoms with Crippen molar-refractivity contribution in [1.82, 2.24) is 4.90 Å². The first-order valence-electron chi connectivity index (χ1n) is 11.4. The molecule has 2 aromatic carbocycles. The second kappa shape index (κ2) is 12.4. The molecule has 0 saturated heterocycles. The largest absolute Gasteiger partial charge is 0.466 e. The first kappa shape index (κ1) is 24.1. The summed E-state index contributed by atoms with van der Waals surface area (Å²) in [4.78, 5) is 26.1. The molecular weight excluding hydrogens is 414 g/mol. The Labute approximate surface area is 195 Å². The molecule has 0 aliphatic heterocycles. The number of esters is 1. The molecule has 1 amide bonds. The highest BCUT2D eigenvalue weighted by molar-refractivity contribution is 5.94. The summed E-state index contributed by atoms with van der Waals surface area (Å²) in [6, 6.07) is 19.3. The molecule has 0 aliphatic rings. The molecule has 0 atom stereocenters. The van der Waals surface area contributed by atoms with Crippen LogP contribution in [0.15, 0.2) is 77.4 Å². The summed E-state index contributed by atoms with van der Waals surface area (Å²) in [7, 11) is 1.82. The average molecular weight is 446 g/mol. The Balaban J connectivity index is 1.55. The molecule has 0 aliphatic carbocycles. The van der Waals surface area contributed by atoms with Crippen molar-refractivity contribution in [1.29, 1.82) is 0 Å². The smallest absolute Gasteiger partial charge is 0.305 e. The Kier molecular flexibility index (Phi) is 9.07. The molecule has 172 valence electrons. The van der Waals surface area contributed by atoms with Gasteiger partial charge in [-0.25, -0.2) is 0 Å². The minimum Gasteiger partial charge on any atom is -0.466 e. The van der Waals surface area contributed by atoms with Crippen molar-refractivity contribution >= 4 is 18.0 Å². The summed E-state index contributed by atoms with van der Waals surface area (Å²) in [5.41, 5.74) is 3.76. The lowest BCUT2D eigenvalue weighted by molar-refractivity contribution is -0.143. The summed E-state index contributed by atoms with van der Waals surface area (Å²) in [5, 5.41) is 0. The van der Waals surface area contributed by atoms with Crippen LogP contribution in [0.3, 0.4) is 0 Å². The minimum atomic E-state index is -0.130. The summed E-state index contributed by atoms with van der Waals surface area (Å²) in [6.07, 6.45) is 8.97. The summed E-state index contributed by atoms with van der Waals surface area (Å²) >= 11 is 0. The van der Waals surface area contributed by atoms with Crippen LogP contribution in [0.1, 0.15) is 54.1 Å². The van der Waals surface area contributed by atoms with E-state index in [1.54, 1.807) is 11.2 Å². The van der Waals surface area contributed by atoms with Crippen LogP contribution in [-0.4, -0.2) is 30.4 Å². The van der Waals surface area contributed by atoms with Gasteiger partial charge < -0.3 is 14.1 Å². The minimum absolute atomic E-state index is 0.0289. The van der Waals surface area contributed by atoms with E-state index in [9.17, 15) is 9.59 Å².